The van der Waals surface area contributed by atoms with E-state index in [1.54, 1.807) is 6.92 Å². The highest BCUT2D eigenvalue weighted by Crippen LogP contribution is 2.29. The number of nitrogens with one attached hydrogen (secondary N) is 1. The minimum Gasteiger partial charge on any atom is -0.354 e. The van der Waals surface area contributed by atoms with E-state index < -0.39 is 48.6 Å². The van der Waals surface area contributed by atoms with Gasteiger partial charge in [0.2, 0.25) is 0 Å². The molecule has 0 spiro atoms. The molecule has 7 heteroatoms. The van der Waals surface area contributed by atoms with Gasteiger partial charge in [0.1, 0.15) is 20.5 Å². The lowest BCUT2D eigenvalue weighted by molar-refractivity contribution is -0.130. The summed E-state index contributed by atoms with van der Waals surface area (Å²) in [4.78, 5) is 26.6. The summed E-state index contributed by atoms with van der Waals surface area (Å²) in [6.45, 7) is -1.44. The Labute approximate surface area is 157 Å². The Kier molecular flexibility index (Phi) is 2.03. The number of rotatable bonds is 3. The van der Waals surface area contributed by atoms with Crippen molar-refractivity contribution in [2.24, 2.45) is 5.89 Å². The van der Waals surface area contributed by atoms with Crippen LogP contribution in [0.1, 0.15) is 34.1 Å². The molecule has 0 bridgehead atoms. The van der Waals surface area contributed by atoms with Crippen LogP contribution >= 0.6 is 0 Å². The number of fused-ring (bicyclic) bond motifs is 1. The smallest absolute Gasteiger partial charge is 0.302 e. The lowest BCUT2D eigenvalue weighted by Gasteiger charge is -2.41. The molecule has 1 saturated heterocycles. The van der Waals surface area contributed by atoms with Gasteiger partial charge in [-0.25, -0.2) is 16.5 Å². The quantitative estimate of drug-likeness (QED) is 0.868. The summed E-state index contributed by atoms with van der Waals surface area (Å²) in [6.07, 6.45) is -2.44. The van der Waals surface area contributed by atoms with Crippen LogP contribution in [0.3, 0.4) is 0 Å². The molecule has 2 atom stereocenters. The number of carbonyl (C=O) groups excluding carboxylic acids is 1. The molecule has 24 heavy (non-hydrogen) atoms. The van der Waals surface area contributed by atoms with E-state index in [0.717, 1.165) is 25.2 Å². The third-order valence-corrected chi connectivity index (χ3v) is 3.38. The number of carbonyl (C=O) groups is 1. The van der Waals surface area contributed by atoms with Crippen LogP contribution < -0.4 is 4.90 Å². The van der Waals surface area contributed by atoms with Crippen LogP contribution in [0.2, 0.25) is 0 Å². The maximum atomic E-state index is 13.0. The number of anilines is 1. The van der Waals surface area contributed by atoms with Gasteiger partial charge < -0.3 is 19.6 Å². The maximum absolute atomic E-state index is 13.0. The number of piperidine rings is 1. The van der Waals surface area contributed by atoms with E-state index in [1.165, 1.54) is 0 Å². The molecule has 1 N–H and O–H groups in total. The van der Waals surface area contributed by atoms with Crippen LogP contribution in [0.15, 0.2) is 12.4 Å². The Morgan fingerprint density at radius 1 is 1.75 bits per heavy atom. The van der Waals surface area contributed by atoms with E-state index in [1.807, 2.05) is 0 Å². The number of nitrogens with zero attached hydrogens (tertiary/aromatic N) is 5. The van der Waals surface area contributed by atoms with Crippen molar-refractivity contribution in [3.05, 3.63) is 29.5 Å². The topological polar surface area (TPSA) is 69.5 Å². The van der Waals surface area contributed by atoms with E-state index >= 15 is 0 Å². The van der Waals surface area contributed by atoms with Gasteiger partial charge in [-0.1, -0.05) is 6.92 Å². The molecule has 1 amide bonds. The number of H-pyrrole nitrogens is 1. The molecule has 1 aliphatic rings. The van der Waals surface area contributed by atoms with Crippen LogP contribution in [0.5, 0.6) is 0 Å². The zero-order chi connectivity index (χ0) is 27.2. The molecule has 3 rings (SSSR count). The number of aromatic nitrogens is 3. The molecule has 0 unspecified atom stereocenters. The maximum Gasteiger partial charge on any atom is 0.302 e. The summed E-state index contributed by atoms with van der Waals surface area (Å²) in [5.74, 6) is -5.30. The first-order valence-electron chi connectivity index (χ1n) is 12.4. The van der Waals surface area contributed by atoms with E-state index in [-0.39, 0.29) is 22.9 Å². The average molecular weight is 337 g/mol. The fourth-order valence-corrected chi connectivity index (χ4v) is 2.29. The molecular formula is C17H22N6O. The molecule has 1 aliphatic heterocycles. The van der Waals surface area contributed by atoms with E-state index in [9.17, 15) is 6.17 Å². The second kappa shape index (κ2) is 6.48. The Bertz CT molecular complexity index is 1250. The third kappa shape index (κ3) is 2.92. The molecule has 0 aromatic carbocycles. The predicted molar refractivity (Wildman–Crippen MR) is 92.6 cm³/mol. The number of hydrogen-bond acceptors (Lipinski definition) is 4. The lowest BCUT2D eigenvalue weighted by atomic mass is 9.92. The first-order valence-corrected chi connectivity index (χ1v) is 6.93. The second-order valence-corrected chi connectivity index (χ2v) is 5.04. The molecule has 3 heterocycles. The fraction of sp³-hybridized carbons (Fsp3) is 0.529. The van der Waals surface area contributed by atoms with Gasteiger partial charge in [0.05, 0.1) is 16.9 Å². The van der Waals surface area contributed by atoms with Crippen molar-refractivity contribution < 1.29 is 19.9 Å². The number of aryl methyl sites for hydroxylation is 1. The van der Waals surface area contributed by atoms with Gasteiger partial charge >= 0.3 is 5.91 Å². The van der Waals surface area contributed by atoms with Crippen molar-refractivity contribution in [2.75, 3.05) is 31.4 Å². The summed E-state index contributed by atoms with van der Waals surface area (Å²) >= 11 is 0. The fourth-order valence-electron chi connectivity index (χ4n) is 2.29. The zero-order valence-electron chi connectivity index (χ0n) is 24.2. The summed E-state index contributed by atoms with van der Waals surface area (Å²) in [6, 6.07) is -3.31. The summed E-state index contributed by atoms with van der Waals surface area (Å²) in [5.41, 5.74) is 0.481. The minimum absolute atomic E-state index is 0.00855. The molecule has 0 aliphatic carbocycles. The number of hydrogen-bond donors (Lipinski definition) is 1. The van der Waals surface area contributed by atoms with E-state index in [4.69, 9.17) is 20.3 Å². The molecule has 7 nitrogen and oxygen atoms in total. The minimum atomic E-state index is -3.65. The van der Waals surface area contributed by atoms with E-state index in [0.29, 0.717) is 5.69 Å². The van der Waals surface area contributed by atoms with Crippen LogP contribution in [-0.4, -0.2) is 58.3 Å². The normalized spacial score (nSPS) is 40.6. The molecule has 1 fully saturated rings. The highest BCUT2D eigenvalue weighted by molar-refractivity contribution is 5.88. The van der Waals surface area contributed by atoms with Gasteiger partial charge in [-0.15, -0.1) is 0 Å². The van der Waals surface area contributed by atoms with Crippen LogP contribution in [0, 0.1) is 19.4 Å². The van der Waals surface area contributed by atoms with Gasteiger partial charge in [-0.3, -0.25) is 4.79 Å². The lowest BCUT2D eigenvalue weighted by Crippen LogP contribution is -2.53. The number of aromatic amines is 1. The molecule has 0 saturated carbocycles. The molecule has 126 valence electrons. The number of amides is 1. The van der Waals surface area contributed by atoms with Gasteiger partial charge in [-0.05, 0) is 25.2 Å². The van der Waals surface area contributed by atoms with Crippen molar-refractivity contribution in [1.82, 2.24) is 19.9 Å². The van der Waals surface area contributed by atoms with Crippen LogP contribution in [0.25, 0.3) is 15.9 Å². The standard InChI is InChI=1S/C17H22N6O/c1-11-5-6-23(15(24)8-18-3)9-14(11)22(4)17-13-7-12(2)21-16(13)19-10-20-17/h7,10-11,14H,5-6,8-9H2,1-2,4H3,(H,19,20,21)/t11-,14+/m1/s1/i5D2,6D2,7D,8D2,9D2,11D,14D. The van der Waals surface area contributed by atoms with Gasteiger partial charge in [0.25, 0.3) is 6.50 Å². The van der Waals surface area contributed by atoms with Crippen molar-refractivity contribution in [1.29, 1.82) is 0 Å². The first kappa shape index (κ1) is 7.51. The van der Waals surface area contributed by atoms with Crippen molar-refractivity contribution in [3.63, 3.8) is 0 Å². The van der Waals surface area contributed by atoms with Gasteiger partial charge in [0.15, 0.2) is 0 Å². The highest BCUT2D eigenvalue weighted by Gasteiger charge is 2.33. The molecule has 2 aromatic heterocycles. The molecule has 2 aromatic rings. The predicted octanol–water partition coefficient (Wildman–Crippen LogP) is 1.86. The Morgan fingerprint density at radius 2 is 2.54 bits per heavy atom. The third-order valence-electron chi connectivity index (χ3n) is 3.38. The SMILES string of the molecule is [2H]c1c(C)[nH]c2ncnc(N(C)[C@@]3([2H])C([2H])([2H])N(C(=O)C([2H])([2H])[N+]#[C-])C([2H])([2H])C([2H])([2H])[C@@]3([2H])C)c12. The summed E-state index contributed by atoms with van der Waals surface area (Å²) in [5, 5.41) is 0.00855. The molecule has 0 radical (unpaired) electrons. The second-order valence-electron chi connectivity index (χ2n) is 5.04. The first-order chi connectivity index (χ1) is 15.7. The van der Waals surface area contributed by atoms with E-state index in [2.05, 4.69) is 19.8 Å². The number of likely N-dealkylation sites (N-methyl/N-ethyl adjacent to an activating group) is 1. The Hall–Kier alpha value is -2.62. The van der Waals surface area contributed by atoms with Gasteiger partial charge in [0, 0.05) is 32.6 Å². The highest BCUT2D eigenvalue weighted by atomic mass is 16.2. The van der Waals surface area contributed by atoms with Crippen molar-refractivity contribution in [2.45, 2.75) is 26.2 Å². The van der Waals surface area contributed by atoms with Crippen LogP contribution in [-0.2, 0) is 4.79 Å². The average Bonchev–Trinajstić information content (AvgIpc) is 3.04. The monoisotopic (exact) mass is 337 g/mol. The zero-order valence-corrected chi connectivity index (χ0v) is 13.2. The molecular weight excluding hydrogens is 304 g/mol. The summed E-state index contributed by atoms with van der Waals surface area (Å²) < 4.78 is 92.4. The summed E-state index contributed by atoms with van der Waals surface area (Å²) in [7, 11) is 1.07. The Morgan fingerprint density at radius 3 is 3.29 bits per heavy atom. The van der Waals surface area contributed by atoms with Crippen molar-refractivity contribution in [3.8, 4) is 0 Å². The largest absolute Gasteiger partial charge is 0.354 e. The number of likely N-dealkylation sites (tertiary alicyclic amines) is 1. The Balaban J connectivity index is 2.41. The van der Waals surface area contributed by atoms with Crippen molar-refractivity contribution >= 4 is 22.8 Å². The van der Waals surface area contributed by atoms with Crippen LogP contribution in [0.4, 0.5) is 5.82 Å². The van der Waals surface area contributed by atoms with Gasteiger partial charge in [-0.2, -0.15) is 0 Å².